The molecule has 5 nitrogen and oxygen atoms in total. The van der Waals surface area contributed by atoms with E-state index >= 15 is 0 Å². The lowest BCUT2D eigenvalue weighted by molar-refractivity contribution is 0.503. The average Bonchev–Trinajstić information content (AvgIpc) is 1.82. The summed E-state index contributed by atoms with van der Waals surface area (Å²) in [6, 6.07) is 0. The number of hydrogen-bond donors (Lipinski definition) is 2. The first-order chi connectivity index (χ1) is 5.41. The molecule has 0 saturated carbocycles. The summed E-state index contributed by atoms with van der Waals surface area (Å²) in [5.41, 5.74) is 5.12. The van der Waals surface area contributed by atoms with Gasteiger partial charge in [-0.2, -0.15) is 0 Å². The number of nitrogens with two attached hydrogens (primary N) is 1. The van der Waals surface area contributed by atoms with Gasteiger partial charge in [-0.05, 0) is 13.8 Å². The van der Waals surface area contributed by atoms with Crippen LogP contribution in [-0.2, 0) is 0 Å². The predicted octanol–water partition coefficient (Wildman–Crippen LogP) is -0.442. The van der Waals surface area contributed by atoms with Gasteiger partial charge in [0.2, 0.25) is 5.96 Å². The fourth-order valence-electron chi connectivity index (χ4n) is 0.961. The van der Waals surface area contributed by atoms with E-state index < -0.39 is 5.66 Å². The Hall–Kier alpha value is -1.26. The van der Waals surface area contributed by atoms with Crippen LogP contribution in [0.2, 0.25) is 0 Å². The number of hydrogen-bond acceptors (Lipinski definition) is 5. The van der Waals surface area contributed by atoms with Gasteiger partial charge in [-0.25, -0.2) is 9.98 Å². The van der Waals surface area contributed by atoms with Crippen LogP contribution >= 0.6 is 0 Å². The summed E-state index contributed by atoms with van der Waals surface area (Å²) in [6.45, 7) is 3.81. The fourth-order valence-corrected chi connectivity index (χ4v) is 0.961. The molecule has 0 radical (unpaired) electrons. The molecule has 68 valence electrons. The van der Waals surface area contributed by atoms with E-state index in [-0.39, 0.29) is 0 Å². The molecule has 0 aliphatic carbocycles. The Kier molecular flexibility index (Phi) is 1.95. The third kappa shape index (κ3) is 1.87. The second-order valence-electron chi connectivity index (χ2n) is 3.45. The van der Waals surface area contributed by atoms with E-state index in [1.165, 1.54) is 0 Å². The smallest absolute Gasteiger partial charge is 0.202 e. The summed E-state index contributed by atoms with van der Waals surface area (Å²) < 4.78 is 0. The highest BCUT2D eigenvalue weighted by Gasteiger charge is 2.22. The van der Waals surface area contributed by atoms with Gasteiger partial charge in [-0.15, -0.1) is 0 Å². The summed E-state index contributed by atoms with van der Waals surface area (Å²) in [7, 11) is 3.81. The minimum Gasteiger partial charge on any atom is -0.370 e. The van der Waals surface area contributed by atoms with Crippen LogP contribution in [0, 0.1) is 0 Å². The van der Waals surface area contributed by atoms with Gasteiger partial charge in [0.05, 0.1) is 0 Å². The zero-order chi connectivity index (χ0) is 9.35. The zero-order valence-corrected chi connectivity index (χ0v) is 7.92. The largest absolute Gasteiger partial charge is 0.370 e. The second-order valence-corrected chi connectivity index (χ2v) is 3.45. The minimum atomic E-state index is -0.449. The number of guanidine groups is 2. The van der Waals surface area contributed by atoms with Crippen LogP contribution < -0.4 is 11.1 Å². The Labute approximate surface area is 72.4 Å². The van der Waals surface area contributed by atoms with Crippen LogP contribution in [-0.4, -0.2) is 36.6 Å². The van der Waals surface area contributed by atoms with Crippen molar-refractivity contribution in [2.24, 2.45) is 15.7 Å². The Morgan fingerprint density at radius 1 is 1.33 bits per heavy atom. The van der Waals surface area contributed by atoms with Crippen LogP contribution in [0.5, 0.6) is 0 Å². The van der Waals surface area contributed by atoms with Gasteiger partial charge in [-0.1, -0.05) is 0 Å². The van der Waals surface area contributed by atoms with Crippen LogP contribution in [0.25, 0.3) is 0 Å². The molecule has 0 aromatic rings. The van der Waals surface area contributed by atoms with E-state index in [1.54, 1.807) is 0 Å². The maximum atomic E-state index is 5.57. The van der Waals surface area contributed by atoms with E-state index in [2.05, 4.69) is 15.3 Å². The van der Waals surface area contributed by atoms with Gasteiger partial charge in [0, 0.05) is 14.1 Å². The highest BCUT2D eigenvalue weighted by Crippen LogP contribution is 2.13. The molecule has 0 saturated heterocycles. The summed E-state index contributed by atoms with van der Waals surface area (Å²) in [5, 5.41) is 2.88. The summed E-state index contributed by atoms with van der Waals surface area (Å²) >= 11 is 0. The normalized spacial score (nSPS) is 20.7. The molecule has 1 rings (SSSR count). The lowest BCUT2D eigenvalue weighted by atomic mass is 10.3. The average molecular weight is 169 g/mol. The fraction of sp³-hybridized carbons (Fsp3) is 0.714. The molecular formula is C7H15N5. The molecule has 0 bridgehead atoms. The summed E-state index contributed by atoms with van der Waals surface area (Å²) in [4.78, 5) is 10.3. The molecule has 0 atom stereocenters. The van der Waals surface area contributed by atoms with Crippen LogP contribution in [0.1, 0.15) is 13.8 Å². The summed E-state index contributed by atoms with van der Waals surface area (Å²) in [6.07, 6.45) is 0. The molecule has 0 fully saturated rings. The van der Waals surface area contributed by atoms with Gasteiger partial charge in [-0.3, -0.25) is 5.32 Å². The van der Waals surface area contributed by atoms with Crippen molar-refractivity contribution in [3.8, 4) is 0 Å². The molecule has 1 heterocycles. The molecule has 1 aliphatic rings. The quantitative estimate of drug-likeness (QED) is 0.516. The SMILES string of the molecule is CN(C)C1=NC(C)(C)N=C(N)N1. The molecule has 0 unspecified atom stereocenters. The van der Waals surface area contributed by atoms with Crippen molar-refractivity contribution in [1.82, 2.24) is 10.2 Å². The second kappa shape index (κ2) is 2.66. The maximum Gasteiger partial charge on any atom is 0.202 e. The van der Waals surface area contributed by atoms with Crippen molar-refractivity contribution >= 4 is 11.9 Å². The van der Waals surface area contributed by atoms with Gasteiger partial charge in [0.1, 0.15) is 0 Å². The van der Waals surface area contributed by atoms with E-state index in [9.17, 15) is 0 Å². The van der Waals surface area contributed by atoms with Gasteiger partial charge >= 0.3 is 0 Å². The molecule has 1 aliphatic heterocycles. The Bertz CT molecular complexity index is 238. The predicted molar refractivity (Wildman–Crippen MR) is 50.0 cm³/mol. The van der Waals surface area contributed by atoms with E-state index in [0.29, 0.717) is 5.96 Å². The zero-order valence-electron chi connectivity index (χ0n) is 7.92. The van der Waals surface area contributed by atoms with Crippen LogP contribution in [0.15, 0.2) is 9.98 Å². The van der Waals surface area contributed by atoms with Crippen molar-refractivity contribution in [2.45, 2.75) is 19.5 Å². The minimum absolute atomic E-state index is 0.415. The molecule has 0 amide bonds. The number of nitrogens with one attached hydrogen (secondary N) is 1. The molecule has 0 spiro atoms. The van der Waals surface area contributed by atoms with Crippen LogP contribution in [0.4, 0.5) is 0 Å². The van der Waals surface area contributed by atoms with Gasteiger partial charge in [0.25, 0.3) is 0 Å². The lowest BCUT2D eigenvalue weighted by Crippen LogP contribution is -2.49. The highest BCUT2D eigenvalue weighted by atomic mass is 15.4. The first-order valence-corrected chi connectivity index (χ1v) is 3.80. The molecule has 5 heteroatoms. The monoisotopic (exact) mass is 169 g/mol. The lowest BCUT2D eigenvalue weighted by Gasteiger charge is -2.27. The number of nitrogens with zero attached hydrogens (tertiary/aromatic N) is 3. The Morgan fingerprint density at radius 2 is 1.92 bits per heavy atom. The number of aliphatic imine (C=N–C) groups is 2. The topological polar surface area (TPSA) is 66.0 Å². The van der Waals surface area contributed by atoms with Crippen molar-refractivity contribution in [3.63, 3.8) is 0 Å². The third-order valence-electron chi connectivity index (χ3n) is 1.44. The third-order valence-corrected chi connectivity index (χ3v) is 1.44. The van der Waals surface area contributed by atoms with E-state index in [4.69, 9.17) is 5.73 Å². The molecule has 12 heavy (non-hydrogen) atoms. The van der Waals surface area contributed by atoms with Gasteiger partial charge in [0.15, 0.2) is 11.6 Å². The van der Waals surface area contributed by atoms with Crippen molar-refractivity contribution in [2.75, 3.05) is 14.1 Å². The first-order valence-electron chi connectivity index (χ1n) is 3.80. The van der Waals surface area contributed by atoms with Crippen molar-refractivity contribution in [3.05, 3.63) is 0 Å². The van der Waals surface area contributed by atoms with Crippen molar-refractivity contribution in [1.29, 1.82) is 0 Å². The molecule has 0 aromatic carbocycles. The Morgan fingerprint density at radius 3 is 2.33 bits per heavy atom. The van der Waals surface area contributed by atoms with Crippen LogP contribution in [0.3, 0.4) is 0 Å². The standard InChI is InChI=1S/C7H15N5/c1-7(2)10-5(8)9-6(11-7)12(3)4/h1-4H3,(H3,8,9,10,11). The molecular weight excluding hydrogens is 154 g/mol. The Balaban J connectivity index is 2.88. The van der Waals surface area contributed by atoms with E-state index in [0.717, 1.165) is 5.96 Å². The highest BCUT2D eigenvalue weighted by molar-refractivity contribution is 5.99. The first kappa shape index (κ1) is 8.83. The maximum absolute atomic E-state index is 5.57. The van der Waals surface area contributed by atoms with Crippen molar-refractivity contribution < 1.29 is 0 Å². The molecule has 0 aromatic heterocycles. The summed E-state index contributed by atoms with van der Waals surface area (Å²) in [5.74, 6) is 1.16. The van der Waals surface area contributed by atoms with E-state index in [1.807, 2.05) is 32.8 Å². The number of rotatable bonds is 0. The van der Waals surface area contributed by atoms with Gasteiger partial charge < -0.3 is 10.6 Å². The molecule has 3 N–H and O–H groups in total.